The van der Waals surface area contributed by atoms with Gasteiger partial charge in [-0.25, -0.2) is 8.42 Å². The van der Waals surface area contributed by atoms with Crippen LogP contribution in [-0.2, 0) is 10.0 Å². The van der Waals surface area contributed by atoms with Gasteiger partial charge in [0.25, 0.3) is 5.56 Å². The molecule has 0 unspecified atom stereocenters. The summed E-state index contributed by atoms with van der Waals surface area (Å²) in [5.74, 6) is 0.949. The predicted octanol–water partition coefficient (Wildman–Crippen LogP) is 12.6. The summed E-state index contributed by atoms with van der Waals surface area (Å²) in [4.78, 5) is 20.3. The number of aromatic nitrogens is 2. The first kappa shape index (κ1) is 53.7. The van der Waals surface area contributed by atoms with Crippen LogP contribution in [0.25, 0.3) is 38.6 Å². The zero-order valence-corrected chi connectivity index (χ0v) is 39.2. The minimum absolute atomic E-state index is 0.149. The molecule has 0 saturated heterocycles. The first-order chi connectivity index (χ1) is 28.2. The van der Waals surface area contributed by atoms with Crippen LogP contribution >= 0.6 is 0 Å². The number of aryl methyl sites for hydroxylation is 1. The number of benzene rings is 3. The molecule has 2 N–H and O–H groups in total. The van der Waals surface area contributed by atoms with E-state index < -0.39 is 10.0 Å². The van der Waals surface area contributed by atoms with Gasteiger partial charge in [0.2, 0.25) is 10.0 Å². The molecule has 0 bridgehead atoms. The van der Waals surface area contributed by atoms with Crippen LogP contribution in [0.1, 0.15) is 100 Å². The summed E-state index contributed by atoms with van der Waals surface area (Å²) in [7, 11) is -1.37. The van der Waals surface area contributed by atoms with Crippen LogP contribution in [0, 0.1) is 25.7 Å². The van der Waals surface area contributed by atoms with Crippen molar-refractivity contribution in [3.05, 3.63) is 119 Å². The van der Waals surface area contributed by atoms with Crippen molar-refractivity contribution < 1.29 is 8.42 Å². The highest BCUT2D eigenvalue weighted by atomic mass is 32.2. The van der Waals surface area contributed by atoms with E-state index in [1.54, 1.807) is 35.0 Å². The molecule has 3 aromatic carbocycles. The standard InChI is InChI=1S/C34H35N5O3S.C7H16.C3H8.2C2H6.C2H2/c1-7-35-24(4)23(3)21-38(5)32-19-29(15-8-22(32)2)39-33(40)17-12-27-20-36-31-16-11-26(18-30(31)34(27)39)25-9-13-28(14-10-25)37-43(6,41)42;1-4-6-7(3)5-2;1-3-2;3*1-2/h8-20,35,37H,3-4,7,21H2,1-2,5-6H3;7H,4-6H2,1-3H3;3H2,1-2H3;2*1-2H3;1-2H/t;7-;;;;/m.1..../s1. The Morgan fingerprint density at radius 2 is 1.47 bits per heavy atom. The van der Waals surface area contributed by atoms with Crippen molar-refractivity contribution in [2.24, 2.45) is 5.92 Å². The Balaban J connectivity index is 0.00000182. The van der Waals surface area contributed by atoms with Crippen molar-refractivity contribution >= 4 is 43.2 Å². The maximum Gasteiger partial charge on any atom is 0.255 e. The van der Waals surface area contributed by atoms with E-state index >= 15 is 0 Å². The van der Waals surface area contributed by atoms with Crippen molar-refractivity contribution in [2.75, 3.05) is 36.0 Å². The lowest BCUT2D eigenvalue weighted by Gasteiger charge is -2.25. The van der Waals surface area contributed by atoms with E-state index in [9.17, 15) is 13.2 Å². The molecule has 0 aliphatic heterocycles. The molecular weight excluding hydrogens is 751 g/mol. The molecular formula is C50H73N5O3S. The third-order valence-electron chi connectivity index (χ3n) is 8.82. The van der Waals surface area contributed by atoms with Crippen molar-refractivity contribution in [3.63, 3.8) is 0 Å². The van der Waals surface area contributed by atoms with Crippen molar-refractivity contribution in [3.8, 4) is 29.7 Å². The van der Waals surface area contributed by atoms with Gasteiger partial charge in [-0.2, -0.15) is 0 Å². The maximum atomic E-state index is 13.5. The molecule has 8 nitrogen and oxygen atoms in total. The lowest BCUT2D eigenvalue weighted by Crippen LogP contribution is -2.25. The average molecular weight is 824 g/mol. The Hall–Kier alpha value is -5.33. The molecule has 1 atom stereocenters. The lowest BCUT2D eigenvalue weighted by atomic mass is 10.0. The number of sulfonamides is 1. The van der Waals surface area contributed by atoms with Crippen molar-refractivity contribution in [1.82, 2.24) is 14.9 Å². The third kappa shape index (κ3) is 16.8. The molecule has 0 aliphatic rings. The number of terminal acetylenes is 1. The zero-order valence-electron chi connectivity index (χ0n) is 38.4. The number of likely N-dealkylation sites (N-methyl/N-ethyl adjacent to an activating group) is 2. The van der Waals surface area contributed by atoms with Gasteiger partial charge in [-0.1, -0.05) is 125 Å². The molecule has 59 heavy (non-hydrogen) atoms. The number of nitrogens with zero attached hydrogens (tertiary/aromatic N) is 3. The second kappa shape index (κ2) is 28.2. The Morgan fingerprint density at radius 1 is 0.881 bits per heavy atom. The minimum atomic E-state index is -3.37. The van der Waals surface area contributed by atoms with Crippen LogP contribution in [0.3, 0.4) is 0 Å². The van der Waals surface area contributed by atoms with Crippen LogP contribution < -0.4 is 20.5 Å². The van der Waals surface area contributed by atoms with Gasteiger partial charge < -0.3 is 10.2 Å². The fourth-order valence-electron chi connectivity index (χ4n) is 5.94. The van der Waals surface area contributed by atoms with Crippen LogP contribution in [0.15, 0.2) is 108 Å². The van der Waals surface area contributed by atoms with E-state index in [2.05, 4.69) is 80.5 Å². The molecule has 0 amide bonds. The van der Waals surface area contributed by atoms with Gasteiger partial charge in [-0.15, -0.1) is 12.8 Å². The SMILES string of the molecule is C#C.C=C(CN(C)c1cc(-n2c(=O)ccc3cnc4ccc(-c5ccc(NS(C)(=O)=O)cc5)cc4c32)ccc1C)C(=C)NCC.CC.CC.CCC.CCC[C@H](C)CC. The van der Waals surface area contributed by atoms with Gasteiger partial charge in [0, 0.05) is 60.2 Å². The molecule has 5 aromatic rings. The fraction of sp³-hybridized carbons (Fsp3) is 0.400. The first-order valence-corrected chi connectivity index (χ1v) is 22.9. The second-order valence-corrected chi connectivity index (χ2v) is 15.4. The minimum Gasteiger partial charge on any atom is -0.386 e. The summed E-state index contributed by atoms with van der Waals surface area (Å²) in [5.41, 5.74) is 8.18. The highest BCUT2D eigenvalue weighted by Crippen LogP contribution is 2.31. The summed E-state index contributed by atoms with van der Waals surface area (Å²) >= 11 is 0. The molecule has 0 fully saturated rings. The summed E-state index contributed by atoms with van der Waals surface area (Å²) in [6.45, 7) is 32.8. The number of fused-ring (bicyclic) bond motifs is 3. The molecule has 0 spiro atoms. The van der Waals surface area contributed by atoms with E-state index in [4.69, 9.17) is 0 Å². The largest absolute Gasteiger partial charge is 0.386 e. The third-order valence-corrected chi connectivity index (χ3v) is 9.43. The van der Waals surface area contributed by atoms with Crippen molar-refractivity contribution in [1.29, 1.82) is 0 Å². The first-order valence-electron chi connectivity index (χ1n) is 21.0. The maximum absolute atomic E-state index is 13.5. The van der Waals surface area contributed by atoms with Crippen LogP contribution in [-0.4, -0.2) is 44.4 Å². The monoisotopic (exact) mass is 824 g/mol. The number of anilines is 2. The molecule has 322 valence electrons. The van der Waals surface area contributed by atoms with Gasteiger partial charge in [-0.3, -0.25) is 19.1 Å². The summed E-state index contributed by atoms with van der Waals surface area (Å²) in [6, 6.07) is 22.5. The predicted molar refractivity (Wildman–Crippen MR) is 262 cm³/mol. The Bertz CT molecular complexity index is 2220. The van der Waals surface area contributed by atoms with E-state index in [-0.39, 0.29) is 5.56 Å². The van der Waals surface area contributed by atoms with Gasteiger partial charge in [0.05, 0.1) is 23.0 Å². The normalized spacial score (nSPS) is 10.6. The Kier molecular flexibility index (Phi) is 25.6. The number of rotatable bonds is 13. The molecule has 2 aromatic heterocycles. The van der Waals surface area contributed by atoms with E-state index in [1.165, 1.54) is 25.7 Å². The van der Waals surface area contributed by atoms with Gasteiger partial charge in [-0.05, 0) is 84.5 Å². The smallest absolute Gasteiger partial charge is 0.255 e. The van der Waals surface area contributed by atoms with Gasteiger partial charge in [0.15, 0.2) is 0 Å². The van der Waals surface area contributed by atoms with Gasteiger partial charge in [0.1, 0.15) is 0 Å². The van der Waals surface area contributed by atoms with E-state index in [0.29, 0.717) is 12.2 Å². The highest BCUT2D eigenvalue weighted by Gasteiger charge is 2.15. The second-order valence-electron chi connectivity index (χ2n) is 13.7. The molecule has 2 heterocycles. The molecule has 0 radical (unpaired) electrons. The Labute approximate surface area is 357 Å². The lowest BCUT2D eigenvalue weighted by molar-refractivity contribution is 0.509. The summed E-state index contributed by atoms with van der Waals surface area (Å²) < 4.78 is 27.5. The van der Waals surface area contributed by atoms with Crippen LogP contribution in [0.2, 0.25) is 0 Å². The summed E-state index contributed by atoms with van der Waals surface area (Å²) in [6.07, 6.45) is 16.2. The Morgan fingerprint density at radius 3 is 2.00 bits per heavy atom. The molecule has 0 aliphatic carbocycles. The van der Waals surface area contributed by atoms with E-state index in [0.717, 1.165) is 79.9 Å². The molecule has 5 rings (SSSR count). The number of nitrogens with one attached hydrogen (secondary N) is 2. The average Bonchev–Trinajstić information content (AvgIpc) is 3.23. The zero-order chi connectivity index (χ0) is 45.3. The number of pyridine rings is 2. The molecule has 0 saturated carbocycles. The quantitative estimate of drug-likeness (QED) is 0.0697. The number of hydrogen-bond acceptors (Lipinski definition) is 6. The molecule has 9 heteroatoms. The number of hydrogen-bond donors (Lipinski definition) is 2. The van der Waals surface area contributed by atoms with Gasteiger partial charge >= 0.3 is 0 Å². The van der Waals surface area contributed by atoms with Crippen LogP contribution in [0.4, 0.5) is 11.4 Å². The van der Waals surface area contributed by atoms with Crippen molar-refractivity contribution in [2.45, 2.75) is 102 Å². The summed E-state index contributed by atoms with van der Waals surface area (Å²) in [5, 5.41) is 4.89. The van der Waals surface area contributed by atoms with Crippen LogP contribution in [0.5, 0.6) is 0 Å². The van der Waals surface area contributed by atoms with E-state index in [1.807, 2.05) is 97.1 Å². The fourth-order valence-corrected chi connectivity index (χ4v) is 6.51. The topological polar surface area (TPSA) is 96.3 Å². The highest BCUT2D eigenvalue weighted by molar-refractivity contribution is 7.92.